The molecule has 0 fully saturated rings. The number of nitrogens with one attached hydrogen (secondary N) is 1. The van der Waals surface area contributed by atoms with Crippen molar-refractivity contribution < 1.29 is 14.4 Å². The number of hydrogen-bond acceptors (Lipinski definition) is 4. The van der Waals surface area contributed by atoms with Gasteiger partial charge in [0.2, 0.25) is 5.91 Å². The zero-order valence-electron chi connectivity index (χ0n) is 17.2. The summed E-state index contributed by atoms with van der Waals surface area (Å²) in [5.74, 6) is -0.760. The number of anilines is 1. The molecule has 5 rings (SSSR count). The van der Waals surface area contributed by atoms with Gasteiger partial charge in [-0.25, -0.2) is 4.98 Å². The minimum atomic E-state index is -0.298. The smallest absolute Gasteiger partial charge is 0.261 e. The molecule has 0 saturated heterocycles. The molecule has 3 amide bonds. The summed E-state index contributed by atoms with van der Waals surface area (Å²) < 4.78 is 1.99. The summed E-state index contributed by atoms with van der Waals surface area (Å²) in [7, 11) is 0. The summed E-state index contributed by atoms with van der Waals surface area (Å²) in [5, 5.41) is 2.86. The monoisotopic (exact) mass is 424 g/mol. The fourth-order valence-corrected chi connectivity index (χ4v) is 3.93. The molecule has 1 aromatic heterocycles. The first kappa shape index (κ1) is 19.7. The van der Waals surface area contributed by atoms with E-state index in [9.17, 15) is 14.4 Å². The van der Waals surface area contributed by atoms with Crippen LogP contribution in [0.5, 0.6) is 0 Å². The van der Waals surface area contributed by atoms with E-state index in [1.54, 1.807) is 30.6 Å². The van der Waals surface area contributed by atoms with Crippen molar-refractivity contribution in [2.24, 2.45) is 0 Å². The number of hydrogen-bond donors (Lipinski definition) is 1. The first-order valence-corrected chi connectivity index (χ1v) is 10.4. The summed E-state index contributed by atoms with van der Waals surface area (Å²) in [6.45, 7) is 0.215. The number of carbonyl (C=O) groups is 3. The first-order chi connectivity index (χ1) is 15.6. The first-order valence-electron chi connectivity index (χ1n) is 10.4. The number of fused-ring (bicyclic) bond motifs is 2. The highest BCUT2D eigenvalue weighted by Crippen LogP contribution is 2.23. The lowest BCUT2D eigenvalue weighted by Crippen LogP contribution is -2.31. The maximum Gasteiger partial charge on any atom is 0.261 e. The highest BCUT2D eigenvalue weighted by Gasteiger charge is 2.34. The van der Waals surface area contributed by atoms with E-state index < -0.39 is 0 Å². The lowest BCUT2D eigenvalue weighted by molar-refractivity contribution is -0.116. The lowest BCUT2D eigenvalue weighted by Gasteiger charge is -2.13. The van der Waals surface area contributed by atoms with Crippen LogP contribution in [0.15, 0.2) is 79.1 Å². The predicted molar refractivity (Wildman–Crippen MR) is 121 cm³/mol. The van der Waals surface area contributed by atoms with Crippen LogP contribution in [-0.4, -0.2) is 38.7 Å². The van der Waals surface area contributed by atoms with Crippen LogP contribution in [-0.2, 0) is 4.79 Å². The van der Waals surface area contributed by atoms with Crippen molar-refractivity contribution in [2.75, 3.05) is 11.9 Å². The molecule has 1 aliphatic heterocycles. The lowest BCUT2D eigenvalue weighted by atomic mass is 10.1. The molecular formula is C25H20N4O3. The Labute approximate surface area is 184 Å². The van der Waals surface area contributed by atoms with Crippen LogP contribution in [0.2, 0.25) is 0 Å². The molecule has 2 heterocycles. The second-order valence-electron chi connectivity index (χ2n) is 7.61. The Hall–Kier alpha value is -4.26. The molecule has 0 aliphatic carbocycles. The quantitative estimate of drug-likeness (QED) is 0.474. The maximum absolute atomic E-state index is 12.4. The van der Waals surface area contributed by atoms with Crippen molar-refractivity contribution in [2.45, 2.75) is 12.8 Å². The fraction of sp³-hybridized carbons (Fsp3) is 0.120. The van der Waals surface area contributed by atoms with Gasteiger partial charge in [-0.15, -0.1) is 0 Å². The summed E-state index contributed by atoms with van der Waals surface area (Å²) in [6, 6.07) is 22.2. The topological polar surface area (TPSA) is 84.3 Å². The molecule has 32 heavy (non-hydrogen) atoms. The number of benzene rings is 3. The Morgan fingerprint density at radius 1 is 0.844 bits per heavy atom. The minimum Gasteiger partial charge on any atom is -0.326 e. The van der Waals surface area contributed by atoms with Gasteiger partial charge in [0.25, 0.3) is 11.8 Å². The minimum absolute atomic E-state index is 0.164. The van der Waals surface area contributed by atoms with Gasteiger partial charge in [0.1, 0.15) is 6.33 Å². The summed E-state index contributed by atoms with van der Waals surface area (Å²) >= 11 is 0. The molecule has 0 radical (unpaired) electrons. The van der Waals surface area contributed by atoms with E-state index in [0.29, 0.717) is 23.2 Å². The largest absolute Gasteiger partial charge is 0.326 e. The van der Waals surface area contributed by atoms with Crippen LogP contribution in [0.25, 0.3) is 16.7 Å². The second-order valence-corrected chi connectivity index (χ2v) is 7.61. The second kappa shape index (κ2) is 8.11. The normalized spacial score (nSPS) is 12.9. The SMILES string of the molecule is O=C(CCCN1C(=O)c2ccccc2C1=O)Nc1ccc(-n2cnc3ccccc32)cc1. The highest BCUT2D eigenvalue weighted by atomic mass is 16.2. The predicted octanol–water partition coefficient (Wildman–Crippen LogP) is 4.04. The zero-order chi connectivity index (χ0) is 22.1. The standard InChI is InChI=1S/C25H20N4O3/c30-23(10-5-15-28-24(31)19-6-1-2-7-20(19)25(28)32)27-17-11-13-18(14-12-17)29-16-26-21-8-3-4-9-22(21)29/h1-4,6-9,11-14,16H,5,10,15H2,(H,27,30). The Kier molecular flexibility index (Phi) is 4.99. The van der Waals surface area contributed by atoms with Gasteiger partial charge in [0.05, 0.1) is 22.2 Å². The van der Waals surface area contributed by atoms with Crippen LogP contribution >= 0.6 is 0 Å². The van der Waals surface area contributed by atoms with Crippen molar-refractivity contribution in [3.63, 3.8) is 0 Å². The van der Waals surface area contributed by atoms with Gasteiger partial charge in [-0.3, -0.25) is 23.9 Å². The zero-order valence-corrected chi connectivity index (χ0v) is 17.2. The molecule has 0 unspecified atom stereocenters. The van der Waals surface area contributed by atoms with E-state index in [1.165, 1.54) is 4.90 Å². The number of amides is 3. The third kappa shape index (κ3) is 3.54. The molecule has 1 aliphatic rings. The molecule has 4 aromatic rings. The van der Waals surface area contributed by atoms with Crippen LogP contribution in [0.3, 0.4) is 0 Å². The Morgan fingerprint density at radius 2 is 1.50 bits per heavy atom. The molecule has 1 N–H and O–H groups in total. The van der Waals surface area contributed by atoms with E-state index in [0.717, 1.165) is 16.7 Å². The Morgan fingerprint density at radius 3 is 2.22 bits per heavy atom. The average molecular weight is 424 g/mol. The van der Waals surface area contributed by atoms with Crippen molar-refractivity contribution in [1.29, 1.82) is 0 Å². The van der Waals surface area contributed by atoms with E-state index in [4.69, 9.17) is 0 Å². The number of nitrogens with zero attached hydrogens (tertiary/aromatic N) is 3. The van der Waals surface area contributed by atoms with Crippen molar-refractivity contribution in [1.82, 2.24) is 14.5 Å². The molecule has 158 valence electrons. The van der Waals surface area contributed by atoms with E-state index in [1.807, 2.05) is 53.1 Å². The Balaban J connectivity index is 1.17. The summed E-state index contributed by atoms with van der Waals surface area (Å²) in [6.07, 6.45) is 2.38. The molecule has 0 saturated carbocycles. The molecule has 7 heteroatoms. The van der Waals surface area contributed by atoms with Crippen LogP contribution in [0.4, 0.5) is 5.69 Å². The average Bonchev–Trinajstić information content (AvgIpc) is 3.35. The van der Waals surface area contributed by atoms with Gasteiger partial charge in [-0.05, 0) is 55.0 Å². The number of para-hydroxylation sites is 2. The van der Waals surface area contributed by atoms with Crippen LogP contribution in [0, 0.1) is 0 Å². The van der Waals surface area contributed by atoms with Gasteiger partial charge in [0, 0.05) is 24.3 Å². The number of imidazole rings is 1. The van der Waals surface area contributed by atoms with E-state index in [-0.39, 0.29) is 30.7 Å². The van der Waals surface area contributed by atoms with Gasteiger partial charge in [-0.1, -0.05) is 24.3 Å². The van der Waals surface area contributed by atoms with E-state index in [2.05, 4.69) is 10.3 Å². The van der Waals surface area contributed by atoms with E-state index >= 15 is 0 Å². The van der Waals surface area contributed by atoms with Gasteiger partial charge in [-0.2, -0.15) is 0 Å². The maximum atomic E-state index is 12.4. The fourth-order valence-electron chi connectivity index (χ4n) is 3.93. The number of carbonyl (C=O) groups excluding carboxylic acids is 3. The summed E-state index contributed by atoms with van der Waals surface area (Å²) in [4.78, 5) is 42.7. The Bertz CT molecular complexity index is 1310. The van der Waals surface area contributed by atoms with Gasteiger partial charge in [0.15, 0.2) is 0 Å². The molecule has 0 spiro atoms. The highest BCUT2D eigenvalue weighted by molar-refractivity contribution is 6.21. The molecule has 0 bridgehead atoms. The van der Waals surface area contributed by atoms with Gasteiger partial charge >= 0.3 is 0 Å². The molecule has 3 aromatic carbocycles. The van der Waals surface area contributed by atoms with Crippen molar-refractivity contribution >= 4 is 34.4 Å². The third-order valence-electron chi connectivity index (χ3n) is 5.55. The van der Waals surface area contributed by atoms with Crippen LogP contribution < -0.4 is 5.32 Å². The van der Waals surface area contributed by atoms with Crippen molar-refractivity contribution in [3.05, 3.63) is 90.3 Å². The molecular weight excluding hydrogens is 404 g/mol. The molecule has 7 nitrogen and oxygen atoms in total. The number of rotatable bonds is 6. The number of aromatic nitrogens is 2. The van der Waals surface area contributed by atoms with Gasteiger partial charge < -0.3 is 5.32 Å². The molecule has 0 atom stereocenters. The third-order valence-corrected chi connectivity index (χ3v) is 5.55. The summed E-state index contributed by atoms with van der Waals surface area (Å²) in [5.41, 5.74) is 4.41. The van der Waals surface area contributed by atoms with Crippen molar-refractivity contribution in [3.8, 4) is 5.69 Å². The number of imide groups is 1. The van der Waals surface area contributed by atoms with Crippen LogP contribution in [0.1, 0.15) is 33.6 Å².